The number of ether oxygens (including phenoxy) is 1. The number of hydrogen-bond donors (Lipinski definition) is 2. The summed E-state index contributed by atoms with van der Waals surface area (Å²) in [4.78, 5) is 10.8. The Labute approximate surface area is 98.6 Å². The number of carbonyl (C=O) groups excluding carboxylic acids is 1. The fourth-order valence-corrected chi connectivity index (χ4v) is 1.40. The molecule has 0 unspecified atom stereocenters. The molecule has 0 saturated heterocycles. The van der Waals surface area contributed by atoms with Gasteiger partial charge in [-0.15, -0.1) is 0 Å². The largest absolute Gasteiger partial charge is 0.486 e. The predicted octanol–water partition coefficient (Wildman–Crippen LogP) is 1.63. The quantitative estimate of drug-likeness (QED) is 0.837. The third-order valence-corrected chi connectivity index (χ3v) is 2.21. The van der Waals surface area contributed by atoms with Gasteiger partial charge in [0.1, 0.15) is 18.2 Å². The van der Waals surface area contributed by atoms with E-state index in [9.17, 15) is 4.79 Å². The Bertz CT molecular complexity index is 517. The monoisotopic (exact) mass is 231 g/mol. The summed E-state index contributed by atoms with van der Waals surface area (Å²) in [5, 5.41) is 6.67. The van der Waals surface area contributed by atoms with E-state index >= 15 is 0 Å². The van der Waals surface area contributed by atoms with Crippen molar-refractivity contribution in [2.24, 2.45) is 0 Å². The molecule has 1 aromatic heterocycles. The molecule has 0 radical (unpaired) electrons. The first kappa shape index (κ1) is 11.2. The Morgan fingerprint density at radius 3 is 2.65 bits per heavy atom. The first-order chi connectivity index (χ1) is 8.15. The summed E-state index contributed by atoms with van der Waals surface area (Å²) in [5.74, 6) is 1.11. The molecular weight excluding hydrogens is 218 g/mol. The second-order valence-corrected chi connectivity index (χ2v) is 3.72. The van der Waals surface area contributed by atoms with E-state index in [2.05, 4.69) is 10.2 Å². The minimum Gasteiger partial charge on any atom is -0.486 e. The molecule has 0 aliphatic heterocycles. The van der Waals surface area contributed by atoms with Crippen LogP contribution in [0.3, 0.4) is 0 Å². The fourth-order valence-electron chi connectivity index (χ4n) is 1.40. The van der Waals surface area contributed by atoms with Gasteiger partial charge < -0.3 is 10.5 Å². The van der Waals surface area contributed by atoms with Crippen molar-refractivity contribution in [3.8, 4) is 17.0 Å². The maximum atomic E-state index is 10.8. The summed E-state index contributed by atoms with van der Waals surface area (Å²) in [5.41, 5.74) is 7.33. The van der Waals surface area contributed by atoms with Crippen molar-refractivity contribution >= 4 is 11.6 Å². The number of rotatable bonds is 4. The second-order valence-electron chi connectivity index (χ2n) is 3.72. The van der Waals surface area contributed by atoms with E-state index in [-0.39, 0.29) is 12.4 Å². The van der Waals surface area contributed by atoms with E-state index in [4.69, 9.17) is 10.5 Å². The zero-order chi connectivity index (χ0) is 12.3. The standard InChI is InChI=1S/C12H13N3O2/c1-8(16)7-17-10-4-2-9(3-5-10)11-6-12(13)15-14-11/h2-6H,7H2,1H3,(H3,13,14,15). The molecule has 88 valence electrons. The van der Waals surface area contributed by atoms with Crippen molar-refractivity contribution in [3.05, 3.63) is 30.3 Å². The van der Waals surface area contributed by atoms with E-state index in [1.54, 1.807) is 18.2 Å². The third-order valence-electron chi connectivity index (χ3n) is 2.21. The van der Waals surface area contributed by atoms with Crippen LogP contribution in [0.15, 0.2) is 30.3 Å². The smallest absolute Gasteiger partial charge is 0.167 e. The number of hydrogen-bond acceptors (Lipinski definition) is 4. The van der Waals surface area contributed by atoms with Crippen molar-refractivity contribution in [1.29, 1.82) is 0 Å². The number of aromatic nitrogens is 2. The fraction of sp³-hybridized carbons (Fsp3) is 0.167. The van der Waals surface area contributed by atoms with Crippen LogP contribution in [-0.4, -0.2) is 22.6 Å². The van der Waals surface area contributed by atoms with Crippen LogP contribution in [0.4, 0.5) is 5.82 Å². The lowest BCUT2D eigenvalue weighted by molar-refractivity contribution is -0.118. The van der Waals surface area contributed by atoms with Crippen LogP contribution >= 0.6 is 0 Å². The zero-order valence-electron chi connectivity index (χ0n) is 9.43. The Morgan fingerprint density at radius 1 is 1.41 bits per heavy atom. The summed E-state index contributed by atoms with van der Waals surface area (Å²) in [6.45, 7) is 1.58. The highest BCUT2D eigenvalue weighted by Gasteiger charge is 2.02. The van der Waals surface area contributed by atoms with Gasteiger partial charge in [0, 0.05) is 6.07 Å². The molecule has 0 aliphatic rings. The van der Waals surface area contributed by atoms with Crippen LogP contribution in [0.25, 0.3) is 11.3 Å². The van der Waals surface area contributed by atoms with E-state index in [0.717, 1.165) is 11.3 Å². The molecule has 0 atom stereocenters. The van der Waals surface area contributed by atoms with E-state index in [0.29, 0.717) is 11.6 Å². The molecule has 3 N–H and O–H groups in total. The van der Waals surface area contributed by atoms with Crippen LogP contribution in [0.1, 0.15) is 6.92 Å². The Balaban J connectivity index is 2.10. The van der Waals surface area contributed by atoms with Crippen molar-refractivity contribution in [2.45, 2.75) is 6.92 Å². The molecule has 17 heavy (non-hydrogen) atoms. The van der Waals surface area contributed by atoms with Gasteiger partial charge in [0.25, 0.3) is 0 Å². The van der Waals surface area contributed by atoms with Crippen LogP contribution in [0.2, 0.25) is 0 Å². The maximum Gasteiger partial charge on any atom is 0.167 e. The van der Waals surface area contributed by atoms with Gasteiger partial charge in [-0.05, 0) is 36.8 Å². The minimum atomic E-state index is -0.00424. The van der Waals surface area contributed by atoms with Gasteiger partial charge in [0.05, 0.1) is 5.69 Å². The lowest BCUT2D eigenvalue weighted by atomic mass is 10.1. The number of nitrogens with two attached hydrogens (primary N) is 1. The summed E-state index contributed by atoms with van der Waals surface area (Å²) >= 11 is 0. The number of ketones is 1. The number of nitrogens with zero attached hydrogens (tertiary/aromatic N) is 1. The minimum absolute atomic E-state index is 0.00424. The predicted molar refractivity (Wildman–Crippen MR) is 64.6 cm³/mol. The number of carbonyl (C=O) groups is 1. The molecule has 2 aromatic rings. The zero-order valence-corrected chi connectivity index (χ0v) is 9.43. The number of nitrogen functional groups attached to an aromatic ring is 1. The summed E-state index contributed by atoms with van der Waals surface area (Å²) < 4.78 is 5.26. The molecule has 5 nitrogen and oxygen atoms in total. The topological polar surface area (TPSA) is 81.0 Å². The lowest BCUT2D eigenvalue weighted by Crippen LogP contribution is -2.06. The molecule has 1 aromatic carbocycles. The highest BCUT2D eigenvalue weighted by molar-refractivity contribution is 5.77. The molecule has 0 aliphatic carbocycles. The van der Waals surface area contributed by atoms with Gasteiger partial charge in [-0.3, -0.25) is 9.89 Å². The number of anilines is 1. The van der Waals surface area contributed by atoms with E-state index < -0.39 is 0 Å². The third kappa shape index (κ3) is 2.84. The van der Waals surface area contributed by atoms with E-state index in [1.165, 1.54) is 6.92 Å². The summed E-state index contributed by atoms with van der Waals surface area (Å²) in [7, 11) is 0. The van der Waals surface area contributed by atoms with Gasteiger partial charge >= 0.3 is 0 Å². The molecule has 2 rings (SSSR count). The Kier molecular flexibility index (Phi) is 3.09. The number of nitrogens with one attached hydrogen (secondary N) is 1. The SMILES string of the molecule is CC(=O)COc1ccc(-c2cc(N)n[nH]2)cc1. The summed E-state index contributed by atoms with van der Waals surface area (Å²) in [6.07, 6.45) is 0. The maximum absolute atomic E-state index is 10.8. The van der Waals surface area contributed by atoms with Crippen molar-refractivity contribution in [1.82, 2.24) is 10.2 Å². The molecular formula is C12H13N3O2. The summed E-state index contributed by atoms with van der Waals surface area (Å²) in [6, 6.07) is 9.11. The average molecular weight is 231 g/mol. The molecule has 0 amide bonds. The second kappa shape index (κ2) is 4.69. The van der Waals surface area contributed by atoms with Crippen molar-refractivity contribution < 1.29 is 9.53 Å². The molecule has 0 saturated carbocycles. The molecule has 0 fully saturated rings. The van der Waals surface area contributed by atoms with Crippen molar-refractivity contribution in [2.75, 3.05) is 12.3 Å². The molecule has 0 spiro atoms. The highest BCUT2D eigenvalue weighted by atomic mass is 16.5. The molecule has 5 heteroatoms. The normalized spacial score (nSPS) is 10.2. The first-order valence-electron chi connectivity index (χ1n) is 5.19. The number of benzene rings is 1. The molecule has 0 bridgehead atoms. The van der Waals surface area contributed by atoms with Crippen LogP contribution in [0, 0.1) is 0 Å². The van der Waals surface area contributed by atoms with Gasteiger partial charge in [-0.25, -0.2) is 0 Å². The van der Waals surface area contributed by atoms with Gasteiger partial charge in [0.2, 0.25) is 0 Å². The Hall–Kier alpha value is -2.30. The van der Waals surface area contributed by atoms with Crippen molar-refractivity contribution in [3.63, 3.8) is 0 Å². The van der Waals surface area contributed by atoms with Gasteiger partial charge in [-0.2, -0.15) is 5.10 Å². The first-order valence-corrected chi connectivity index (χ1v) is 5.19. The van der Waals surface area contributed by atoms with Crippen LogP contribution < -0.4 is 10.5 Å². The van der Waals surface area contributed by atoms with Crippen LogP contribution in [-0.2, 0) is 4.79 Å². The van der Waals surface area contributed by atoms with Gasteiger partial charge in [-0.1, -0.05) is 0 Å². The highest BCUT2D eigenvalue weighted by Crippen LogP contribution is 2.21. The number of Topliss-reactive ketones (excluding diaryl/α,β-unsaturated/α-hetero) is 1. The Morgan fingerprint density at radius 2 is 2.12 bits per heavy atom. The van der Waals surface area contributed by atoms with Gasteiger partial charge in [0.15, 0.2) is 5.78 Å². The number of aromatic amines is 1. The number of H-pyrrole nitrogens is 1. The lowest BCUT2D eigenvalue weighted by Gasteiger charge is -2.04. The molecule has 1 heterocycles. The van der Waals surface area contributed by atoms with Crippen LogP contribution in [0.5, 0.6) is 5.75 Å². The van der Waals surface area contributed by atoms with E-state index in [1.807, 2.05) is 12.1 Å². The average Bonchev–Trinajstić information content (AvgIpc) is 2.74.